The van der Waals surface area contributed by atoms with Crippen LogP contribution in [0.5, 0.6) is 0 Å². The summed E-state index contributed by atoms with van der Waals surface area (Å²) >= 11 is 0. The largest absolute Gasteiger partial charge is 0.265 e. The number of nitriles is 1. The van der Waals surface area contributed by atoms with E-state index in [-0.39, 0.29) is 0 Å². The Kier molecular flexibility index (Phi) is 3.17. The summed E-state index contributed by atoms with van der Waals surface area (Å²) in [7, 11) is 0. The van der Waals surface area contributed by atoms with E-state index in [1.165, 1.54) is 0 Å². The molecule has 0 unspecified atom stereocenters. The topological polar surface area (TPSA) is 62.5 Å². The van der Waals surface area contributed by atoms with Crippen LogP contribution in [0.25, 0.3) is 22.4 Å². The zero-order chi connectivity index (χ0) is 13.8. The van der Waals surface area contributed by atoms with Gasteiger partial charge >= 0.3 is 0 Å². The first kappa shape index (κ1) is 12.0. The van der Waals surface area contributed by atoms with E-state index in [9.17, 15) is 0 Å². The molecule has 4 nitrogen and oxygen atoms in total. The first-order valence-electron chi connectivity index (χ1n) is 6.09. The number of hydrogen-bond acceptors (Lipinski definition) is 4. The summed E-state index contributed by atoms with van der Waals surface area (Å²) in [5.74, 6) is 0. The Labute approximate surface area is 116 Å². The van der Waals surface area contributed by atoms with Gasteiger partial charge in [-0.3, -0.25) is 15.0 Å². The van der Waals surface area contributed by atoms with Crippen molar-refractivity contribution < 1.29 is 0 Å². The molecule has 20 heavy (non-hydrogen) atoms. The maximum Gasteiger partial charge on any atom is 0.101 e. The summed E-state index contributed by atoms with van der Waals surface area (Å²) in [5.41, 5.74) is 4.23. The van der Waals surface area contributed by atoms with Gasteiger partial charge in [-0.05, 0) is 35.9 Å². The number of aromatic nitrogens is 3. The molecule has 94 valence electrons. The molecule has 0 fully saturated rings. The zero-order valence-electron chi connectivity index (χ0n) is 10.6. The van der Waals surface area contributed by atoms with E-state index in [1.807, 2.05) is 30.3 Å². The summed E-state index contributed by atoms with van der Waals surface area (Å²) in [6.07, 6.45) is 8.49. The van der Waals surface area contributed by atoms with Crippen molar-refractivity contribution in [1.29, 1.82) is 5.26 Å². The predicted molar refractivity (Wildman–Crippen MR) is 75.4 cm³/mol. The van der Waals surface area contributed by atoms with E-state index in [0.717, 1.165) is 22.4 Å². The van der Waals surface area contributed by atoms with Crippen molar-refractivity contribution in [3.63, 3.8) is 0 Å². The molecule has 0 atom stereocenters. The molecule has 0 aliphatic carbocycles. The highest BCUT2D eigenvalue weighted by Crippen LogP contribution is 2.30. The molecule has 0 aliphatic heterocycles. The Hall–Kier alpha value is -3.06. The molecule has 3 aromatic heterocycles. The van der Waals surface area contributed by atoms with E-state index in [1.54, 1.807) is 31.0 Å². The molecule has 0 bridgehead atoms. The number of nitrogens with zero attached hydrogens (tertiary/aromatic N) is 4. The van der Waals surface area contributed by atoms with Crippen LogP contribution in [-0.4, -0.2) is 15.0 Å². The highest BCUT2D eigenvalue weighted by molar-refractivity contribution is 5.81. The van der Waals surface area contributed by atoms with Crippen molar-refractivity contribution in [2.24, 2.45) is 0 Å². The van der Waals surface area contributed by atoms with Gasteiger partial charge in [-0.15, -0.1) is 0 Å². The minimum absolute atomic E-state index is 0.537. The van der Waals surface area contributed by atoms with Gasteiger partial charge in [-0.1, -0.05) is 0 Å². The molecule has 0 radical (unpaired) electrons. The molecule has 0 saturated heterocycles. The molecule has 0 spiro atoms. The lowest BCUT2D eigenvalue weighted by atomic mass is 9.99. The Morgan fingerprint density at radius 3 is 2.05 bits per heavy atom. The minimum Gasteiger partial charge on any atom is -0.265 e. The average Bonchev–Trinajstić information content (AvgIpc) is 2.56. The standard InChI is InChI=1S/C16H10N4/c17-10-12-9-15(13-1-5-18-6-2-13)16(20-11-12)14-3-7-19-8-4-14/h1-9,11H. The zero-order valence-corrected chi connectivity index (χ0v) is 10.6. The highest BCUT2D eigenvalue weighted by atomic mass is 14.7. The molecule has 3 heterocycles. The summed E-state index contributed by atoms with van der Waals surface area (Å²) in [5, 5.41) is 9.06. The highest BCUT2D eigenvalue weighted by Gasteiger charge is 2.10. The van der Waals surface area contributed by atoms with Crippen LogP contribution in [-0.2, 0) is 0 Å². The summed E-state index contributed by atoms with van der Waals surface area (Å²) in [4.78, 5) is 12.5. The number of pyridine rings is 3. The predicted octanol–water partition coefficient (Wildman–Crippen LogP) is 3.08. The molecule has 0 aliphatic rings. The Morgan fingerprint density at radius 2 is 1.45 bits per heavy atom. The van der Waals surface area contributed by atoms with E-state index in [2.05, 4.69) is 21.0 Å². The summed E-state index contributed by atoms with van der Waals surface area (Å²) in [6, 6.07) is 11.6. The van der Waals surface area contributed by atoms with Crippen LogP contribution >= 0.6 is 0 Å². The lowest BCUT2D eigenvalue weighted by molar-refractivity contribution is 1.27. The van der Waals surface area contributed by atoms with E-state index >= 15 is 0 Å². The Balaban J connectivity index is 2.23. The van der Waals surface area contributed by atoms with Gasteiger partial charge in [0.05, 0.1) is 11.3 Å². The van der Waals surface area contributed by atoms with Crippen LogP contribution in [0.4, 0.5) is 0 Å². The normalized spacial score (nSPS) is 9.95. The van der Waals surface area contributed by atoms with Crippen LogP contribution < -0.4 is 0 Å². The Bertz CT molecular complexity index is 761. The molecule has 0 N–H and O–H groups in total. The van der Waals surface area contributed by atoms with Crippen LogP contribution in [0.3, 0.4) is 0 Å². The van der Waals surface area contributed by atoms with Gasteiger partial charge in [-0.25, -0.2) is 0 Å². The monoisotopic (exact) mass is 258 g/mol. The van der Waals surface area contributed by atoms with Crippen molar-refractivity contribution in [1.82, 2.24) is 15.0 Å². The fraction of sp³-hybridized carbons (Fsp3) is 0. The van der Waals surface area contributed by atoms with Gasteiger partial charge in [0.15, 0.2) is 0 Å². The summed E-state index contributed by atoms with van der Waals surface area (Å²) < 4.78 is 0. The molecule has 3 rings (SSSR count). The van der Waals surface area contributed by atoms with Gasteiger partial charge in [0.1, 0.15) is 6.07 Å². The third-order valence-corrected chi connectivity index (χ3v) is 2.96. The molecular weight excluding hydrogens is 248 g/mol. The number of hydrogen-bond donors (Lipinski definition) is 0. The van der Waals surface area contributed by atoms with E-state index in [0.29, 0.717) is 5.56 Å². The number of rotatable bonds is 2. The first-order chi connectivity index (χ1) is 9.88. The Morgan fingerprint density at radius 1 is 0.850 bits per heavy atom. The van der Waals surface area contributed by atoms with Crippen molar-refractivity contribution in [3.05, 3.63) is 66.9 Å². The quantitative estimate of drug-likeness (QED) is 0.708. The van der Waals surface area contributed by atoms with Crippen molar-refractivity contribution >= 4 is 0 Å². The van der Waals surface area contributed by atoms with Gasteiger partial charge in [0.25, 0.3) is 0 Å². The second-order valence-corrected chi connectivity index (χ2v) is 4.20. The maximum absolute atomic E-state index is 9.06. The SMILES string of the molecule is N#Cc1cnc(-c2ccncc2)c(-c2ccncc2)c1. The lowest BCUT2D eigenvalue weighted by Gasteiger charge is -2.09. The molecule has 0 amide bonds. The molecular formula is C16H10N4. The van der Waals surface area contributed by atoms with Crippen LogP contribution in [0.15, 0.2) is 61.3 Å². The van der Waals surface area contributed by atoms with Gasteiger partial charge in [0.2, 0.25) is 0 Å². The third-order valence-electron chi connectivity index (χ3n) is 2.96. The van der Waals surface area contributed by atoms with Crippen LogP contribution in [0.1, 0.15) is 5.56 Å². The molecule has 4 heteroatoms. The average molecular weight is 258 g/mol. The fourth-order valence-corrected chi connectivity index (χ4v) is 2.02. The van der Waals surface area contributed by atoms with Gasteiger partial charge in [0, 0.05) is 42.1 Å². The maximum atomic E-state index is 9.06. The minimum atomic E-state index is 0.537. The smallest absolute Gasteiger partial charge is 0.101 e. The van der Waals surface area contributed by atoms with Crippen molar-refractivity contribution in [2.45, 2.75) is 0 Å². The van der Waals surface area contributed by atoms with Gasteiger partial charge < -0.3 is 0 Å². The second-order valence-electron chi connectivity index (χ2n) is 4.20. The van der Waals surface area contributed by atoms with Crippen LogP contribution in [0.2, 0.25) is 0 Å². The molecule has 3 aromatic rings. The molecule has 0 aromatic carbocycles. The van der Waals surface area contributed by atoms with Crippen molar-refractivity contribution in [3.8, 4) is 28.5 Å². The van der Waals surface area contributed by atoms with Crippen LogP contribution in [0, 0.1) is 11.3 Å². The van der Waals surface area contributed by atoms with E-state index in [4.69, 9.17) is 5.26 Å². The third kappa shape index (κ3) is 2.25. The van der Waals surface area contributed by atoms with Crippen molar-refractivity contribution in [2.75, 3.05) is 0 Å². The van der Waals surface area contributed by atoms with E-state index < -0.39 is 0 Å². The first-order valence-corrected chi connectivity index (χ1v) is 6.09. The second kappa shape index (κ2) is 5.29. The lowest BCUT2D eigenvalue weighted by Crippen LogP contribution is -1.91. The summed E-state index contributed by atoms with van der Waals surface area (Å²) in [6.45, 7) is 0. The molecule has 0 saturated carbocycles. The fourth-order valence-electron chi connectivity index (χ4n) is 2.02. The van der Waals surface area contributed by atoms with Gasteiger partial charge in [-0.2, -0.15) is 5.26 Å².